The van der Waals surface area contributed by atoms with Gasteiger partial charge in [0.25, 0.3) is 0 Å². The molecule has 1 saturated heterocycles. The Morgan fingerprint density at radius 3 is 2.52 bits per heavy atom. The van der Waals surface area contributed by atoms with E-state index in [0.29, 0.717) is 25.8 Å². The molecule has 0 saturated carbocycles. The molecule has 1 aromatic rings. The molecule has 0 radical (unpaired) electrons. The summed E-state index contributed by atoms with van der Waals surface area (Å²) in [5.41, 5.74) is 0.315. The summed E-state index contributed by atoms with van der Waals surface area (Å²) in [6, 6.07) is 1.52. The average Bonchev–Trinajstić information content (AvgIpc) is 2.88. The smallest absolute Gasteiger partial charge is 0.248 e. The van der Waals surface area contributed by atoms with E-state index < -0.39 is 11.6 Å². The minimum atomic E-state index is -0.740. The summed E-state index contributed by atoms with van der Waals surface area (Å²) in [5, 5.41) is 7.04. The van der Waals surface area contributed by atoms with Gasteiger partial charge in [0.2, 0.25) is 11.8 Å². The highest BCUT2D eigenvalue weighted by Crippen LogP contribution is 2.25. The minimum Gasteiger partial charge on any atom is -0.340 e. The first-order valence-electron chi connectivity index (χ1n) is 7.55. The summed E-state index contributed by atoms with van der Waals surface area (Å²) in [5.74, 6) is -0.0370. The summed E-state index contributed by atoms with van der Waals surface area (Å²) < 4.78 is 1.80. The highest BCUT2D eigenvalue weighted by molar-refractivity contribution is 5.99. The van der Waals surface area contributed by atoms with Gasteiger partial charge in [0.1, 0.15) is 11.6 Å². The van der Waals surface area contributed by atoms with E-state index in [1.54, 1.807) is 22.7 Å². The minimum absolute atomic E-state index is 0.0294. The number of rotatable bonds is 5. The topological polar surface area (TPSA) is 67.2 Å². The van der Waals surface area contributed by atoms with Crippen LogP contribution >= 0.6 is 0 Å². The normalized spacial score (nSPS) is 21.5. The van der Waals surface area contributed by atoms with Crippen molar-refractivity contribution in [2.75, 3.05) is 6.54 Å². The van der Waals surface area contributed by atoms with Crippen LogP contribution in [-0.4, -0.2) is 44.6 Å². The van der Waals surface area contributed by atoms with Crippen molar-refractivity contribution in [2.24, 2.45) is 7.05 Å². The lowest BCUT2D eigenvalue weighted by molar-refractivity contribution is -0.154. The second kappa shape index (κ2) is 5.87. The largest absolute Gasteiger partial charge is 0.340 e. The number of aromatic nitrogens is 2. The van der Waals surface area contributed by atoms with E-state index in [1.807, 2.05) is 27.0 Å². The van der Waals surface area contributed by atoms with Gasteiger partial charge in [-0.1, -0.05) is 13.8 Å². The van der Waals surface area contributed by atoms with Crippen molar-refractivity contribution in [2.45, 2.75) is 51.6 Å². The molecule has 1 aliphatic heterocycles. The van der Waals surface area contributed by atoms with Gasteiger partial charge in [-0.3, -0.25) is 14.3 Å². The number of aryl methyl sites for hydroxylation is 1. The van der Waals surface area contributed by atoms with Crippen LogP contribution in [0.25, 0.3) is 0 Å². The summed E-state index contributed by atoms with van der Waals surface area (Å²) in [6.45, 7) is 6.20. The molecule has 1 aromatic heterocycles. The van der Waals surface area contributed by atoms with Gasteiger partial charge in [-0.2, -0.15) is 5.10 Å². The Morgan fingerprint density at radius 2 is 2.00 bits per heavy atom. The van der Waals surface area contributed by atoms with E-state index in [1.165, 1.54) is 0 Å². The standard InChI is InChI=1S/C15H24N4O2/c1-5-15(6-2)14(21)19(11(3)13(20)17-15)10-8-12-7-9-16-18(12)4/h7,9,11H,5-6,8,10H2,1-4H3,(H,17,20). The van der Waals surface area contributed by atoms with Crippen LogP contribution in [0.5, 0.6) is 0 Å². The summed E-state index contributed by atoms with van der Waals surface area (Å²) in [4.78, 5) is 26.7. The number of hydrogen-bond acceptors (Lipinski definition) is 3. The maximum absolute atomic E-state index is 12.8. The van der Waals surface area contributed by atoms with Crippen molar-refractivity contribution in [1.82, 2.24) is 20.0 Å². The van der Waals surface area contributed by atoms with Gasteiger partial charge in [-0.05, 0) is 25.8 Å². The molecule has 1 aliphatic rings. The molecule has 6 heteroatoms. The van der Waals surface area contributed by atoms with Gasteiger partial charge in [0.15, 0.2) is 0 Å². The number of hydrogen-bond donors (Lipinski definition) is 1. The molecule has 0 aliphatic carbocycles. The van der Waals surface area contributed by atoms with Crippen molar-refractivity contribution >= 4 is 11.8 Å². The van der Waals surface area contributed by atoms with Crippen molar-refractivity contribution < 1.29 is 9.59 Å². The van der Waals surface area contributed by atoms with Crippen LogP contribution in [0.3, 0.4) is 0 Å². The highest BCUT2D eigenvalue weighted by Gasteiger charge is 2.47. The molecule has 1 atom stereocenters. The lowest BCUT2D eigenvalue weighted by atomic mass is 9.87. The molecule has 0 bridgehead atoms. The Kier molecular flexibility index (Phi) is 4.34. The first-order chi connectivity index (χ1) is 9.95. The van der Waals surface area contributed by atoms with Crippen molar-refractivity contribution in [3.05, 3.63) is 18.0 Å². The van der Waals surface area contributed by atoms with Gasteiger partial charge < -0.3 is 10.2 Å². The fourth-order valence-corrected chi connectivity index (χ4v) is 2.89. The van der Waals surface area contributed by atoms with Gasteiger partial charge in [0.05, 0.1) is 0 Å². The van der Waals surface area contributed by atoms with Crippen LogP contribution in [0, 0.1) is 0 Å². The van der Waals surface area contributed by atoms with Gasteiger partial charge >= 0.3 is 0 Å². The molecule has 0 spiro atoms. The van der Waals surface area contributed by atoms with Crippen molar-refractivity contribution in [3.8, 4) is 0 Å². The van der Waals surface area contributed by atoms with E-state index in [-0.39, 0.29) is 11.8 Å². The zero-order valence-corrected chi connectivity index (χ0v) is 13.2. The third-order valence-electron chi connectivity index (χ3n) is 4.62. The molecule has 2 amide bonds. The van der Waals surface area contributed by atoms with Crippen LogP contribution in [0.4, 0.5) is 0 Å². The Labute approximate surface area is 125 Å². The van der Waals surface area contributed by atoms with E-state index in [4.69, 9.17) is 0 Å². The number of nitrogens with zero attached hydrogens (tertiary/aromatic N) is 3. The van der Waals surface area contributed by atoms with Crippen LogP contribution < -0.4 is 5.32 Å². The van der Waals surface area contributed by atoms with E-state index in [2.05, 4.69) is 10.4 Å². The fraction of sp³-hybridized carbons (Fsp3) is 0.667. The molecule has 1 N–H and O–H groups in total. The Hall–Kier alpha value is -1.85. The molecular weight excluding hydrogens is 268 g/mol. The Morgan fingerprint density at radius 1 is 1.33 bits per heavy atom. The summed E-state index contributed by atoms with van der Waals surface area (Å²) >= 11 is 0. The number of carbonyl (C=O) groups excluding carboxylic acids is 2. The van der Waals surface area contributed by atoms with Crippen LogP contribution in [-0.2, 0) is 23.1 Å². The molecule has 0 aromatic carbocycles. The molecule has 6 nitrogen and oxygen atoms in total. The van der Waals surface area contributed by atoms with E-state index in [9.17, 15) is 9.59 Å². The van der Waals surface area contributed by atoms with Gasteiger partial charge in [0, 0.05) is 31.9 Å². The molecule has 21 heavy (non-hydrogen) atoms. The predicted octanol–water partition coefficient (Wildman–Crippen LogP) is 0.868. The van der Waals surface area contributed by atoms with Crippen LogP contribution in [0.2, 0.25) is 0 Å². The zero-order chi connectivity index (χ0) is 15.6. The third kappa shape index (κ3) is 2.66. The molecule has 116 valence electrons. The fourth-order valence-electron chi connectivity index (χ4n) is 2.89. The number of carbonyl (C=O) groups is 2. The van der Waals surface area contributed by atoms with Gasteiger partial charge in [-0.15, -0.1) is 0 Å². The van der Waals surface area contributed by atoms with E-state index in [0.717, 1.165) is 5.69 Å². The molecule has 2 rings (SSSR count). The second-order valence-electron chi connectivity index (χ2n) is 5.65. The number of nitrogens with one attached hydrogen (secondary N) is 1. The monoisotopic (exact) mass is 292 g/mol. The molecule has 1 fully saturated rings. The van der Waals surface area contributed by atoms with Crippen molar-refractivity contribution in [3.63, 3.8) is 0 Å². The first kappa shape index (κ1) is 15.5. The average molecular weight is 292 g/mol. The molecule has 2 heterocycles. The predicted molar refractivity (Wildman–Crippen MR) is 79.5 cm³/mol. The molecule has 1 unspecified atom stereocenters. The van der Waals surface area contributed by atoms with E-state index >= 15 is 0 Å². The maximum Gasteiger partial charge on any atom is 0.248 e. The third-order valence-corrected chi connectivity index (χ3v) is 4.62. The quantitative estimate of drug-likeness (QED) is 0.875. The highest BCUT2D eigenvalue weighted by atomic mass is 16.2. The summed E-state index contributed by atoms with van der Waals surface area (Å²) in [7, 11) is 1.88. The van der Waals surface area contributed by atoms with Gasteiger partial charge in [-0.25, -0.2) is 0 Å². The van der Waals surface area contributed by atoms with Crippen LogP contribution in [0.15, 0.2) is 12.3 Å². The second-order valence-corrected chi connectivity index (χ2v) is 5.65. The SMILES string of the molecule is CCC1(CC)NC(=O)C(C)N(CCc2ccnn2C)C1=O. The Balaban J connectivity index is 2.17. The number of piperazine rings is 1. The van der Waals surface area contributed by atoms with Crippen LogP contribution in [0.1, 0.15) is 39.3 Å². The number of amides is 2. The lowest BCUT2D eigenvalue weighted by Gasteiger charge is -2.44. The summed E-state index contributed by atoms with van der Waals surface area (Å²) in [6.07, 6.45) is 3.67. The lowest BCUT2D eigenvalue weighted by Crippen LogP contribution is -2.69. The maximum atomic E-state index is 12.8. The van der Waals surface area contributed by atoms with Crippen molar-refractivity contribution in [1.29, 1.82) is 0 Å². The Bertz CT molecular complexity index is 534. The zero-order valence-electron chi connectivity index (χ0n) is 13.2. The first-order valence-corrected chi connectivity index (χ1v) is 7.55. The molecular formula is C15H24N4O2.